The Morgan fingerprint density at radius 1 is 0.600 bits per heavy atom. The SMILES string of the molecule is COc1ccc2cc(/C(C)=N\NC(=O)c3cccc(N/N=C(\C)c4ccc5cc(OC)ccc5c4)c3)ccc2c1. The molecule has 200 valence electrons. The van der Waals surface area contributed by atoms with Crippen LogP contribution in [0.3, 0.4) is 0 Å². The maximum absolute atomic E-state index is 12.8. The van der Waals surface area contributed by atoms with Crippen molar-refractivity contribution in [1.82, 2.24) is 5.43 Å². The topological polar surface area (TPSA) is 84.3 Å². The Balaban J connectivity index is 1.25. The zero-order valence-corrected chi connectivity index (χ0v) is 22.9. The van der Waals surface area contributed by atoms with Gasteiger partial charge in [-0.2, -0.15) is 10.2 Å². The van der Waals surface area contributed by atoms with E-state index in [2.05, 4.69) is 33.2 Å². The summed E-state index contributed by atoms with van der Waals surface area (Å²) in [6.07, 6.45) is 0. The van der Waals surface area contributed by atoms with Gasteiger partial charge in [-0.15, -0.1) is 0 Å². The fourth-order valence-corrected chi connectivity index (χ4v) is 4.36. The van der Waals surface area contributed by atoms with Crippen molar-refractivity contribution in [2.75, 3.05) is 19.6 Å². The highest BCUT2D eigenvalue weighted by atomic mass is 16.5. The number of hydrazone groups is 2. The minimum absolute atomic E-state index is 0.306. The number of nitrogens with one attached hydrogen (secondary N) is 2. The van der Waals surface area contributed by atoms with Crippen molar-refractivity contribution in [2.24, 2.45) is 10.2 Å². The summed E-state index contributed by atoms with van der Waals surface area (Å²) in [5.74, 6) is 1.33. The van der Waals surface area contributed by atoms with Crippen LogP contribution >= 0.6 is 0 Å². The van der Waals surface area contributed by atoms with E-state index in [4.69, 9.17) is 9.47 Å². The van der Waals surface area contributed by atoms with Crippen LogP contribution in [0.4, 0.5) is 5.69 Å². The van der Waals surface area contributed by atoms with Crippen LogP contribution in [-0.4, -0.2) is 31.6 Å². The molecule has 7 nitrogen and oxygen atoms in total. The van der Waals surface area contributed by atoms with E-state index in [1.54, 1.807) is 32.4 Å². The molecule has 2 N–H and O–H groups in total. The fraction of sp³-hybridized carbons (Fsp3) is 0.121. The molecule has 0 atom stereocenters. The molecule has 0 heterocycles. The second kappa shape index (κ2) is 11.7. The number of fused-ring (bicyclic) bond motifs is 2. The average molecular weight is 531 g/mol. The zero-order chi connectivity index (χ0) is 28.1. The summed E-state index contributed by atoms with van der Waals surface area (Å²) < 4.78 is 10.6. The first-order valence-electron chi connectivity index (χ1n) is 12.8. The summed E-state index contributed by atoms with van der Waals surface area (Å²) in [4.78, 5) is 12.8. The molecule has 40 heavy (non-hydrogen) atoms. The maximum Gasteiger partial charge on any atom is 0.271 e. The lowest BCUT2D eigenvalue weighted by atomic mass is 10.0. The standard InChI is InChI=1S/C33H30N4O3/c1-21(23-8-10-27-19-31(39-3)14-12-25(27)16-23)34-36-30-7-5-6-29(18-30)33(38)37-35-22(2)24-9-11-28-20-32(40-4)15-13-26(28)17-24/h5-20,36H,1-4H3,(H,37,38)/b34-21+,35-22-. The summed E-state index contributed by atoms with van der Waals surface area (Å²) in [6, 6.07) is 31.2. The second-order valence-corrected chi connectivity index (χ2v) is 9.38. The van der Waals surface area contributed by atoms with Crippen molar-refractivity contribution in [1.29, 1.82) is 0 Å². The lowest BCUT2D eigenvalue weighted by Gasteiger charge is -2.08. The predicted octanol–water partition coefficient (Wildman–Crippen LogP) is 7.00. The number of hydrogen-bond donors (Lipinski definition) is 2. The van der Waals surface area contributed by atoms with Crippen LogP contribution in [0.1, 0.15) is 35.3 Å². The van der Waals surface area contributed by atoms with Gasteiger partial charge in [0.25, 0.3) is 5.91 Å². The van der Waals surface area contributed by atoms with Crippen molar-refractivity contribution in [3.05, 3.63) is 114 Å². The fourth-order valence-electron chi connectivity index (χ4n) is 4.36. The number of carbonyl (C=O) groups is 1. The smallest absolute Gasteiger partial charge is 0.271 e. The van der Waals surface area contributed by atoms with Gasteiger partial charge in [0, 0.05) is 5.56 Å². The molecule has 0 aliphatic heterocycles. The molecule has 1 amide bonds. The first-order chi connectivity index (χ1) is 19.4. The first-order valence-corrected chi connectivity index (χ1v) is 12.8. The molecule has 0 aromatic heterocycles. The van der Waals surface area contributed by atoms with Gasteiger partial charge in [-0.1, -0.05) is 42.5 Å². The van der Waals surface area contributed by atoms with Gasteiger partial charge >= 0.3 is 0 Å². The Bertz CT molecular complexity index is 1780. The summed E-state index contributed by atoms with van der Waals surface area (Å²) in [7, 11) is 3.31. The minimum atomic E-state index is -0.306. The van der Waals surface area contributed by atoms with Gasteiger partial charge in [-0.3, -0.25) is 10.2 Å². The number of carbonyl (C=O) groups excluding carboxylic acids is 1. The summed E-state index contributed by atoms with van der Waals surface area (Å²) in [5, 5.41) is 13.2. The number of nitrogens with zero attached hydrogens (tertiary/aromatic N) is 2. The van der Waals surface area contributed by atoms with Crippen LogP contribution in [0.2, 0.25) is 0 Å². The molecule has 0 saturated heterocycles. The molecule has 7 heteroatoms. The lowest BCUT2D eigenvalue weighted by Crippen LogP contribution is -2.19. The predicted molar refractivity (Wildman–Crippen MR) is 163 cm³/mol. The zero-order valence-electron chi connectivity index (χ0n) is 22.9. The van der Waals surface area contributed by atoms with Crippen molar-refractivity contribution >= 4 is 44.6 Å². The van der Waals surface area contributed by atoms with Gasteiger partial charge in [0.15, 0.2) is 0 Å². The van der Waals surface area contributed by atoms with Gasteiger partial charge in [0.2, 0.25) is 0 Å². The van der Waals surface area contributed by atoms with E-state index in [0.29, 0.717) is 17.0 Å². The summed E-state index contributed by atoms with van der Waals surface area (Å²) >= 11 is 0. The molecule has 0 unspecified atom stereocenters. The van der Waals surface area contributed by atoms with E-state index in [9.17, 15) is 4.79 Å². The van der Waals surface area contributed by atoms with E-state index < -0.39 is 0 Å². The molecule has 0 aliphatic rings. The van der Waals surface area contributed by atoms with Crippen LogP contribution in [0, 0.1) is 0 Å². The van der Waals surface area contributed by atoms with Crippen LogP contribution in [0.5, 0.6) is 11.5 Å². The molecule has 0 spiro atoms. The Morgan fingerprint density at radius 2 is 1.12 bits per heavy atom. The van der Waals surface area contributed by atoms with Crippen molar-refractivity contribution in [3.8, 4) is 11.5 Å². The van der Waals surface area contributed by atoms with Crippen molar-refractivity contribution in [2.45, 2.75) is 13.8 Å². The molecule has 0 aliphatic carbocycles. The quantitative estimate of drug-likeness (QED) is 0.167. The third-order valence-corrected chi connectivity index (χ3v) is 6.73. The summed E-state index contributed by atoms with van der Waals surface area (Å²) in [6.45, 7) is 3.80. The highest BCUT2D eigenvalue weighted by Gasteiger charge is 2.08. The van der Waals surface area contributed by atoms with Gasteiger partial charge in [0.1, 0.15) is 11.5 Å². The number of ether oxygens (including phenoxy) is 2. The van der Waals surface area contributed by atoms with E-state index >= 15 is 0 Å². The normalized spacial score (nSPS) is 11.9. The first kappa shape index (κ1) is 26.4. The van der Waals surface area contributed by atoms with Crippen LogP contribution in [0.15, 0.2) is 107 Å². The Morgan fingerprint density at radius 3 is 1.70 bits per heavy atom. The van der Waals surface area contributed by atoms with Crippen molar-refractivity contribution < 1.29 is 14.3 Å². The van der Waals surface area contributed by atoms with E-state index in [1.807, 2.05) is 80.6 Å². The Hall–Kier alpha value is -5.17. The van der Waals surface area contributed by atoms with E-state index in [1.165, 1.54) is 0 Å². The van der Waals surface area contributed by atoms with Gasteiger partial charge in [0.05, 0.1) is 31.3 Å². The molecule has 0 bridgehead atoms. The Labute approximate surface area is 233 Å². The maximum atomic E-state index is 12.8. The second-order valence-electron chi connectivity index (χ2n) is 9.38. The highest BCUT2D eigenvalue weighted by Crippen LogP contribution is 2.23. The van der Waals surface area contributed by atoms with Gasteiger partial charge < -0.3 is 9.47 Å². The van der Waals surface area contributed by atoms with Gasteiger partial charge in [-0.25, -0.2) is 5.43 Å². The molecular weight excluding hydrogens is 500 g/mol. The lowest BCUT2D eigenvalue weighted by molar-refractivity contribution is 0.0955. The average Bonchev–Trinajstić information content (AvgIpc) is 3.01. The molecule has 0 fully saturated rings. The molecule has 5 rings (SSSR count). The van der Waals surface area contributed by atoms with Crippen molar-refractivity contribution in [3.63, 3.8) is 0 Å². The molecule has 0 saturated carbocycles. The number of benzene rings is 5. The minimum Gasteiger partial charge on any atom is -0.497 e. The Kier molecular flexibility index (Phi) is 7.73. The molecule has 5 aromatic rings. The van der Waals surface area contributed by atoms with Crippen LogP contribution < -0.4 is 20.3 Å². The van der Waals surface area contributed by atoms with Gasteiger partial charge in [-0.05, 0) is 101 Å². The van der Waals surface area contributed by atoms with Crippen LogP contribution in [-0.2, 0) is 0 Å². The number of anilines is 1. The number of amides is 1. The third kappa shape index (κ3) is 5.94. The summed E-state index contributed by atoms with van der Waals surface area (Å²) in [5.41, 5.74) is 10.3. The monoisotopic (exact) mass is 530 g/mol. The number of hydrogen-bond acceptors (Lipinski definition) is 6. The molecule has 5 aromatic carbocycles. The highest BCUT2D eigenvalue weighted by molar-refractivity contribution is 6.04. The van der Waals surface area contributed by atoms with E-state index in [0.717, 1.165) is 49.9 Å². The third-order valence-electron chi connectivity index (χ3n) is 6.73. The largest absolute Gasteiger partial charge is 0.497 e. The van der Waals surface area contributed by atoms with E-state index in [-0.39, 0.29) is 5.91 Å². The number of methoxy groups -OCH3 is 2. The number of rotatable bonds is 8. The molecule has 0 radical (unpaired) electrons. The molecular formula is C33H30N4O3. The van der Waals surface area contributed by atoms with Crippen LogP contribution in [0.25, 0.3) is 21.5 Å².